The van der Waals surface area contributed by atoms with Crippen molar-refractivity contribution in [2.75, 3.05) is 19.0 Å². The Bertz CT molecular complexity index is 892. The summed E-state index contributed by atoms with van der Waals surface area (Å²) in [6, 6.07) is 12.6. The fourth-order valence-electron chi connectivity index (χ4n) is 2.92. The lowest BCUT2D eigenvalue weighted by Gasteiger charge is -2.15. The van der Waals surface area contributed by atoms with Crippen LogP contribution in [0.4, 0.5) is 10.1 Å². The van der Waals surface area contributed by atoms with Crippen LogP contribution in [-0.4, -0.2) is 31.4 Å². The zero-order valence-electron chi connectivity index (χ0n) is 15.5. The highest BCUT2D eigenvalue weighted by molar-refractivity contribution is 6.13. The van der Waals surface area contributed by atoms with E-state index in [0.717, 1.165) is 0 Å². The van der Waals surface area contributed by atoms with Crippen molar-refractivity contribution < 1.29 is 23.5 Å². The summed E-state index contributed by atoms with van der Waals surface area (Å²) in [5, 5.41) is 5.45. The van der Waals surface area contributed by atoms with Gasteiger partial charge in [0.1, 0.15) is 11.2 Å². The molecule has 1 saturated carbocycles. The number of methoxy groups -OCH3 is 1. The Morgan fingerprint density at radius 1 is 1.04 bits per heavy atom. The molecule has 3 rings (SSSR count). The van der Waals surface area contributed by atoms with Crippen LogP contribution in [0.1, 0.15) is 28.8 Å². The van der Waals surface area contributed by atoms with Crippen LogP contribution in [0.15, 0.2) is 48.5 Å². The molecule has 1 aliphatic rings. The summed E-state index contributed by atoms with van der Waals surface area (Å²) in [6.07, 6.45) is 1.28. The molecule has 2 N–H and O–H groups in total. The smallest absolute Gasteiger partial charge is 0.337 e. The average molecular weight is 384 g/mol. The van der Waals surface area contributed by atoms with Crippen LogP contribution in [0.2, 0.25) is 0 Å². The van der Waals surface area contributed by atoms with Gasteiger partial charge in [-0.05, 0) is 55.2 Å². The Hall–Kier alpha value is -3.22. The number of benzene rings is 2. The first kappa shape index (κ1) is 19.5. The zero-order valence-corrected chi connectivity index (χ0v) is 15.5. The molecule has 0 spiro atoms. The molecule has 1 aliphatic carbocycles. The van der Waals surface area contributed by atoms with Crippen molar-refractivity contribution in [3.8, 4) is 0 Å². The quantitative estimate of drug-likeness (QED) is 0.568. The highest BCUT2D eigenvalue weighted by Gasteiger charge is 2.56. The van der Waals surface area contributed by atoms with Crippen molar-refractivity contribution in [3.63, 3.8) is 0 Å². The van der Waals surface area contributed by atoms with Crippen LogP contribution in [0.5, 0.6) is 0 Å². The molecule has 2 amide bonds. The molecule has 0 bridgehead atoms. The molecule has 0 heterocycles. The van der Waals surface area contributed by atoms with Gasteiger partial charge in [0.05, 0.1) is 12.7 Å². The summed E-state index contributed by atoms with van der Waals surface area (Å²) in [5.41, 5.74) is 0.286. The number of nitrogens with one attached hydrogen (secondary N) is 2. The van der Waals surface area contributed by atoms with Gasteiger partial charge in [-0.2, -0.15) is 0 Å². The van der Waals surface area contributed by atoms with E-state index in [0.29, 0.717) is 36.1 Å². The van der Waals surface area contributed by atoms with E-state index in [1.54, 1.807) is 30.3 Å². The van der Waals surface area contributed by atoms with Gasteiger partial charge in [0.2, 0.25) is 11.8 Å². The number of esters is 1. The molecule has 146 valence electrons. The molecule has 2 aromatic rings. The van der Waals surface area contributed by atoms with Crippen LogP contribution in [0.25, 0.3) is 0 Å². The van der Waals surface area contributed by atoms with Gasteiger partial charge in [0.15, 0.2) is 0 Å². The highest BCUT2D eigenvalue weighted by atomic mass is 19.1. The van der Waals surface area contributed by atoms with Gasteiger partial charge in [-0.25, -0.2) is 9.18 Å². The van der Waals surface area contributed by atoms with Crippen molar-refractivity contribution in [1.82, 2.24) is 5.32 Å². The molecule has 0 radical (unpaired) electrons. The summed E-state index contributed by atoms with van der Waals surface area (Å²) in [6.45, 7) is 0.253. The van der Waals surface area contributed by atoms with E-state index in [2.05, 4.69) is 15.4 Å². The van der Waals surface area contributed by atoms with Crippen molar-refractivity contribution in [2.24, 2.45) is 5.41 Å². The maximum Gasteiger partial charge on any atom is 0.337 e. The van der Waals surface area contributed by atoms with Crippen molar-refractivity contribution in [3.05, 3.63) is 65.5 Å². The summed E-state index contributed by atoms with van der Waals surface area (Å²) in [4.78, 5) is 36.5. The monoisotopic (exact) mass is 384 g/mol. The van der Waals surface area contributed by atoms with Crippen LogP contribution < -0.4 is 10.6 Å². The molecule has 6 nitrogen and oxygen atoms in total. The molecule has 0 unspecified atom stereocenters. The van der Waals surface area contributed by atoms with Gasteiger partial charge in [0, 0.05) is 12.2 Å². The first-order valence-electron chi connectivity index (χ1n) is 8.98. The molecule has 7 heteroatoms. The molecule has 0 aromatic heterocycles. The average Bonchev–Trinajstić information content (AvgIpc) is 3.51. The highest BCUT2D eigenvalue weighted by Crippen LogP contribution is 2.46. The largest absolute Gasteiger partial charge is 0.465 e. The third-order valence-corrected chi connectivity index (χ3v) is 4.82. The van der Waals surface area contributed by atoms with Gasteiger partial charge in [-0.3, -0.25) is 9.59 Å². The number of amides is 2. The number of carbonyl (C=O) groups is 3. The SMILES string of the molecule is COC(=O)c1ccc(NC(=O)C2(C(=O)NCCc3ccccc3F)CC2)cc1. The lowest BCUT2D eigenvalue weighted by Crippen LogP contribution is -2.40. The van der Waals surface area contributed by atoms with Crippen molar-refractivity contribution in [1.29, 1.82) is 0 Å². The molecule has 1 fully saturated rings. The fraction of sp³-hybridized carbons (Fsp3) is 0.286. The minimum atomic E-state index is -1.09. The normalized spacial score (nSPS) is 14.1. The summed E-state index contributed by atoms with van der Waals surface area (Å²) in [7, 11) is 1.29. The van der Waals surface area contributed by atoms with E-state index in [4.69, 9.17) is 0 Å². The maximum atomic E-state index is 13.6. The molecule has 0 saturated heterocycles. The lowest BCUT2D eigenvalue weighted by atomic mass is 10.0. The Labute approximate surface area is 162 Å². The van der Waals surface area contributed by atoms with Crippen molar-refractivity contribution in [2.45, 2.75) is 19.3 Å². The second kappa shape index (κ2) is 8.21. The topological polar surface area (TPSA) is 84.5 Å². The molecule has 2 aromatic carbocycles. The number of ether oxygens (including phenoxy) is 1. The molecular weight excluding hydrogens is 363 g/mol. The summed E-state index contributed by atoms with van der Waals surface area (Å²) in [5.74, 6) is -1.52. The predicted octanol–water partition coefficient (Wildman–Crippen LogP) is 2.69. The predicted molar refractivity (Wildman–Crippen MR) is 101 cm³/mol. The first-order valence-corrected chi connectivity index (χ1v) is 8.98. The maximum absolute atomic E-state index is 13.6. The second-order valence-corrected chi connectivity index (χ2v) is 6.70. The molecule has 0 aliphatic heterocycles. The zero-order chi connectivity index (χ0) is 20.1. The number of carbonyl (C=O) groups excluding carboxylic acids is 3. The van der Waals surface area contributed by atoms with Crippen LogP contribution >= 0.6 is 0 Å². The van der Waals surface area contributed by atoms with E-state index in [-0.39, 0.29) is 24.2 Å². The minimum absolute atomic E-state index is 0.253. The molecule has 28 heavy (non-hydrogen) atoms. The van der Waals surface area contributed by atoms with Gasteiger partial charge in [-0.15, -0.1) is 0 Å². The number of hydrogen-bond donors (Lipinski definition) is 2. The standard InChI is InChI=1S/C21H21FN2O4/c1-28-18(25)15-6-8-16(9-7-15)24-20(27)21(11-12-21)19(26)23-13-10-14-4-2-3-5-17(14)22/h2-9H,10-13H2,1H3,(H,23,26)(H,24,27). The number of hydrogen-bond acceptors (Lipinski definition) is 4. The number of halogens is 1. The number of rotatable bonds is 7. The second-order valence-electron chi connectivity index (χ2n) is 6.70. The third-order valence-electron chi connectivity index (χ3n) is 4.82. The van der Waals surface area contributed by atoms with Crippen molar-refractivity contribution >= 4 is 23.5 Å². The lowest BCUT2D eigenvalue weighted by molar-refractivity contribution is -0.134. The van der Waals surface area contributed by atoms with Gasteiger partial charge in [-0.1, -0.05) is 18.2 Å². The van der Waals surface area contributed by atoms with Gasteiger partial charge in [0.25, 0.3) is 0 Å². The summed E-state index contributed by atoms with van der Waals surface area (Å²) >= 11 is 0. The Kier molecular flexibility index (Phi) is 5.73. The van der Waals surface area contributed by atoms with E-state index < -0.39 is 11.4 Å². The van der Waals surface area contributed by atoms with Crippen LogP contribution in [0, 0.1) is 11.2 Å². The Balaban J connectivity index is 1.55. The summed E-state index contributed by atoms with van der Waals surface area (Å²) < 4.78 is 18.3. The first-order chi connectivity index (χ1) is 13.5. The Morgan fingerprint density at radius 3 is 2.32 bits per heavy atom. The molecule has 0 atom stereocenters. The van der Waals surface area contributed by atoms with E-state index in [1.165, 1.54) is 25.3 Å². The van der Waals surface area contributed by atoms with Crippen LogP contribution in [0.3, 0.4) is 0 Å². The molecular formula is C21H21FN2O4. The van der Waals surface area contributed by atoms with Crippen LogP contribution in [-0.2, 0) is 20.7 Å². The number of anilines is 1. The van der Waals surface area contributed by atoms with Gasteiger partial charge >= 0.3 is 5.97 Å². The Morgan fingerprint density at radius 2 is 1.71 bits per heavy atom. The van der Waals surface area contributed by atoms with E-state index in [1.807, 2.05) is 0 Å². The fourth-order valence-corrected chi connectivity index (χ4v) is 2.92. The third kappa shape index (κ3) is 4.19. The van der Waals surface area contributed by atoms with E-state index >= 15 is 0 Å². The van der Waals surface area contributed by atoms with E-state index in [9.17, 15) is 18.8 Å². The van der Waals surface area contributed by atoms with Gasteiger partial charge < -0.3 is 15.4 Å². The minimum Gasteiger partial charge on any atom is -0.465 e.